The molecule has 3 rings (SSSR count). The van der Waals surface area contributed by atoms with Crippen molar-refractivity contribution in [3.8, 4) is 0 Å². The van der Waals surface area contributed by atoms with Gasteiger partial charge in [-0.05, 0) is 43.0 Å². The van der Waals surface area contributed by atoms with E-state index in [1.165, 1.54) is 42.0 Å². The van der Waals surface area contributed by atoms with Gasteiger partial charge in [-0.3, -0.25) is 4.98 Å². The fraction of sp³-hybridized carbons (Fsp3) is 0.500. The number of fused-ring (bicyclic) bond motifs is 1. The molecular formula is C18H25N3. The van der Waals surface area contributed by atoms with Gasteiger partial charge < -0.3 is 10.2 Å². The molecule has 1 saturated carbocycles. The quantitative estimate of drug-likeness (QED) is 0.825. The number of hydrogen-bond acceptors (Lipinski definition) is 3. The molecule has 2 aromatic rings. The van der Waals surface area contributed by atoms with Gasteiger partial charge in [0.1, 0.15) is 0 Å². The highest BCUT2D eigenvalue weighted by atomic mass is 15.1. The molecule has 0 saturated heterocycles. The summed E-state index contributed by atoms with van der Waals surface area (Å²) in [6.07, 6.45) is 9.37. The summed E-state index contributed by atoms with van der Waals surface area (Å²) >= 11 is 0. The second-order valence-corrected chi connectivity index (χ2v) is 6.15. The first kappa shape index (κ1) is 14.5. The normalized spacial score (nSPS) is 16.1. The first-order valence-corrected chi connectivity index (χ1v) is 8.06. The predicted octanol–water partition coefficient (Wildman–Crippen LogP) is 3.20. The van der Waals surface area contributed by atoms with Crippen LogP contribution < -0.4 is 5.32 Å². The monoisotopic (exact) mass is 283 g/mol. The maximum atomic E-state index is 4.15. The zero-order valence-electron chi connectivity index (χ0n) is 12.9. The molecule has 1 aromatic heterocycles. The van der Waals surface area contributed by atoms with Crippen LogP contribution in [0, 0.1) is 0 Å². The molecule has 3 nitrogen and oxygen atoms in total. The van der Waals surface area contributed by atoms with Crippen molar-refractivity contribution in [3.05, 3.63) is 42.2 Å². The van der Waals surface area contributed by atoms with Crippen LogP contribution in [0.1, 0.15) is 31.2 Å². The van der Waals surface area contributed by atoms with Crippen molar-refractivity contribution in [2.24, 2.45) is 0 Å². The van der Waals surface area contributed by atoms with Crippen LogP contribution in [0.3, 0.4) is 0 Å². The highest BCUT2D eigenvalue weighted by Gasteiger charge is 2.18. The largest absolute Gasteiger partial charge is 0.311 e. The Labute approximate surface area is 127 Å². The minimum Gasteiger partial charge on any atom is -0.311 e. The number of pyridine rings is 1. The lowest BCUT2D eigenvalue weighted by molar-refractivity contribution is 0.245. The number of aromatic nitrogens is 1. The molecule has 0 radical (unpaired) electrons. The Hall–Kier alpha value is -1.45. The van der Waals surface area contributed by atoms with E-state index in [4.69, 9.17) is 0 Å². The zero-order chi connectivity index (χ0) is 14.5. The van der Waals surface area contributed by atoms with Crippen LogP contribution in [0.25, 0.3) is 10.8 Å². The second-order valence-electron chi connectivity index (χ2n) is 6.15. The second kappa shape index (κ2) is 7.01. The number of benzene rings is 1. The number of rotatable bonds is 6. The van der Waals surface area contributed by atoms with Gasteiger partial charge in [0.2, 0.25) is 0 Å². The van der Waals surface area contributed by atoms with Crippen molar-refractivity contribution in [1.82, 2.24) is 15.2 Å². The van der Waals surface area contributed by atoms with Crippen LogP contribution in [0.2, 0.25) is 0 Å². The molecule has 1 aliphatic carbocycles. The molecule has 0 aliphatic heterocycles. The average molecular weight is 283 g/mol. The Morgan fingerprint density at radius 2 is 2.05 bits per heavy atom. The van der Waals surface area contributed by atoms with Gasteiger partial charge in [-0.1, -0.05) is 25.0 Å². The summed E-state index contributed by atoms with van der Waals surface area (Å²) in [7, 11) is 2.26. The van der Waals surface area contributed by atoms with Gasteiger partial charge >= 0.3 is 0 Å². The third-order valence-corrected chi connectivity index (χ3v) is 4.62. The van der Waals surface area contributed by atoms with Gasteiger partial charge in [0.05, 0.1) is 0 Å². The third-order valence-electron chi connectivity index (χ3n) is 4.62. The topological polar surface area (TPSA) is 28.2 Å². The summed E-state index contributed by atoms with van der Waals surface area (Å²) in [5, 5.41) is 6.04. The molecule has 0 unspecified atom stereocenters. The summed E-state index contributed by atoms with van der Waals surface area (Å²) < 4.78 is 0. The van der Waals surface area contributed by atoms with Crippen molar-refractivity contribution in [2.75, 3.05) is 20.1 Å². The van der Waals surface area contributed by atoms with Crippen LogP contribution in [0.5, 0.6) is 0 Å². The van der Waals surface area contributed by atoms with Crippen LogP contribution in [0.4, 0.5) is 0 Å². The maximum absolute atomic E-state index is 4.15. The predicted molar refractivity (Wildman–Crippen MR) is 88.3 cm³/mol. The smallest absolute Gasteiger partial charge is 0.0346 e. The van der Waals surface area contributed by atoms with E-state index in [0.29, 0.717) is 0 Å². The molecular weight excluding hydrogens is 258 g/mol. The van der Waals surface area contributed by atoms with Crippen LogP contribution >= 0.6 is 0 Å². The summed E-state index contributed by atoms with van der Waals surface area (Å²) in [5.74, 6) is 0. The molecule has 3 heteroatoms. The Bertz CT molecular complexity index is 575. The molecule has 0 spiro atoms. The molecule has 1 aliphatic rings. The first-order valence-electron chi connectivity index (χ1n) is 8.06. The SMILES string of the molecule is CN(CCNCc1ccc2cnccc2c1)C1CCCC1. The number of nitrogens with one attached hydrogen (secondary N) is 1. The molecule has 0 amide bonds. The van der Waals surface area contributed by atoms with E-state index >= 15 is 0 Å². The molecule has 1 heterocycles. The lowest BCUT2D eigenvalue weighted by Crippen LogP contribution is -2.35. The van der Waals surface area contributed by atoms with Gasteiger partial charge in [-0.2, -0.15) is 0 Å². The van der Waals surface area contributed by atoms with Gasteiger partial charge in [0.15, 0.2) is 0 Å². The fourth-order valence-corrected chi connectivity index (χ4v) is 3.26. The van der Waals surface area contributed by atoms with E-state index in [1.54, 1.807) is 0 Å². The Balaban J connectivity index is 1.45. The van der Waals surface area contributed by atoms with Crippen LogP contribution in [0.15, 0.2) is 36.7 Å². The van der Waals surface area contributed by atoms with Crippen molar-refractivity contribution in [3.63, 3.8) is 0 Å². The molecule has 1 N–H and O–H groups in total. The lowest BCUT2D eigenvalue weighted by atomic mass is 10.1. The maximum Gasteiger partial charge on any atom is 0.0346 e. The molecule has 0 bridgehead atoms. The van der Waals surface area contributed by atoms with E-state index in [-0.39, 0.29) is 0 Å². The van der Waals surface area contributed by atoms with E-state index in [0.717, 1.165) is 25.7 Å². The van der Waals surface area contributed by atoms with Gasteiger partial charge in [-0.25, -0.2) is 0 Å². The van der Waals surface area contributed by atoms with Crippen molar-refractivity contribution < 1.29 is 0 Å². The Morgan fingerprint density at radius 1 is 1.19 bits per heavy atom. The molecule has 1 aromatic carbocycles. The molecule has 1 fully saturated rings. The zero-order valence-corrected chi connectivity index (χ0v) is 12.9. The average Bonchev–Trinajstić information content (AvgIpc) is 3.06. The number of likely N-dealkylation sites (N-methyl/N-ethyl adjacent to an activating group) is 1. The van der Waals surface area contributed by atoms with Gasteiger partial charge in [0.25, 0.3) is 0 Å². The molecule has 21 heavy (non-hydrogen) atoms. The summed E-state index contributed by atoms with van der Waals surface area (Å²) in [4.78, 5) is 6.67. The van der Waals surface area contributed by atoms with E-state index < -0.39 is 0 Å². The van der Waals surface area contributed by atoms with Crippen LogP contribution in [-0.2, 0) is 6.54 Å². The summed E-state index contributed by atoms with van der Waals surface area (Å²) in [6.45, 7) is 3.14. The number of nitrogens with zero attached hydrogens (tertiary/aromatic N) is 2. The highest BCUT2D eigenvalue weighted by Crippen LogP contribution is 2.21. The van der Waals surface area contributed by atoms with Crippen molar-refractivity contribution in [1.29, 1.82) is 0 Å². The van der Waals surface area contributed by atoms with E-state index in [2.05, 4.69) is 46.5 Å². The van der Waals surface area contributed by atoms with Crippen molar-refractivity contribution in [2.45, 2.75) is 38.3 Å². The number of hydrogen-bond donors (Lipinski definition) is 1. The molecule has 0 atom stereocenters. The summed E-state index contributed by atoms with van der Waals surface area (Å²) in [6, 6.07) is 9.50. The van der Waals surface area contributed by atoms with Gasteiger partial charge in [0, 0.05) is 43.5 Å². The Morgan fingerprint density at radius 3 is 2.90 bits per heavy atom. The van der Waals surface area contributed by atoms with Crippen LogP contribution in [-0.4, -0.2) is 36.1 Å². The minimum absolute atomic E-state index is 0.819. The first-order chi connectivity index (χ1) is 10.3. The van der Waals surface area contributed by atoms with E-state index in [9.17, 15) is 0 Å². The van der Waals surface area contributed by atoms with Gasteiger partial charge in [-0.15, -0.1) is 0 Å². The minimum atomic E-state index is 0.819. The third kappa shape index (κ3) is 3.80. The van der Waals surface area contributed by atoms with Crippen molar-refractivity contribution >= 4 is 10.8 Å². The lowest BCUT2D eigenvalue weighted by Gasteiger charge is -2.24. The molecule has 112 valence electrons. The Kier molecular flexibility index (Phi) is 4.84. The summed E-state index contributed by atoms with van der Waals surface area (Å²) in [5.41, 5.74) is 1.34. The fourth-order valence-electron chi connectivity index (χ4n) is 3.26. The van der Waals surface area contributed by atoms with E-state index in [1.807, 2.05) is 12.4 Å². The standard InChI is InChI=1S/C18H25N3/c1-21(18-4-2-3-5-18)11-10-20-13-15-6-7-17-14-19-9-8-16(17)12-15/h6-9,12,14,18,20H,2-5,10-11,13H2,1H3. The highest BCUT2D eigenvalue weighted by molar-refractivity contribution is 5.81.